The van der Waals surface area contributed by atoms with Crippen LogP contribution in [0.25, 0.3) is 0 Å². The van der Waals surface area contributed by atoms with Gasteiger partial charge in [-0.15, -0.1) is 0 Å². The molecule has 0 radical (unpaired) electrons. The zero-order valence-electron chi connectivity index (χ0n) is 7.92. The molecule has 1 heterocycles. The lowest BCUT2D eigenvalue weighted by Gasteiger charge is -2.11. The standard InChI is InChI=1S/C9H20N2O/c1-11-6-4-9(8-11)10-5-2-3-7-12/h9-10,12H,2-8H2,1H3. The van der Waals surface area contributed by atoms with Crippen LogP contribution in [0.5, 0.6) is 0 Å². The van der Waals surface area contributed by atoms with E-state index in [-0.39, 0.29) is 0 Å². The second kappa shape index (κ2) is 5.51. The quantitative estimate of drug-likeness (QED) is 0.575. The van der Waals surface area contributed by atoms with Gasteiger partial charge in [0.05, 0.1) is 0 Å². The highest BCUT2D eigenvalue weighted by Crippen LogP contribution is 2.05. The zero-order valence-corrected chi connectivity index (χ0v) is 7.92. The van der Waals surface area contributed by atoms with Gasteiger partial charge in [0.25, 0.3) is 0 Å². The number of nitrogens with zero attached hydrogens (tertiary/aromatic N) is 1. The molecule has 1 saturated heterocycles. The summed E-state index contributed by atoms with van der Waals surface area (Å²) in [7, 11) is 2.16. The topological polar surface area (TPSA) is 35.5 Å². The third-order valence-electron chi connectivity index (χ3n) is 2.41. The van der Waals surface area contributed by atoms with Crippen molar-refractivity contribution < 1.29 is 5.11 Å². The Morgan fingerprint density at radius 1 is 1.50 bits per heavy atom. The molecule has 1 atom stereocenters. The Hall–Kier alpha value is -0.120. The maximum absolute atomic E-state index is 8.56. The molecule has 12 heavy (non-hydrogen) atoms. The van der Waals surface area contributed by atoms with Crippen molar-refractivity contribution in [1.82, 2.24) is 10.2 Å². The van der Waals surface area contributed by atoms with Gasteiger partial charge in [-0.25, -0.2) is 0 Å². The highest BCUT2D eigenvalue weighted by molar-refractivity contribution is 4.78. The summed E-state index contributed by atoms with van der Waals surface area (Å²) >= 11 is 0. The molecule has 1 rings (SSSR count). The molecule has 1 aliphatic heterocycles. The highest BCUT2D eigenvalue weighted by Gasteiger charge is 2.17. The van der Waals surface area contributed by atoms with Crippen molar-refractivity contribution in [2.24, 2.45) is 0 Å². The van der Waals surface area contributed by atoms with E-state index in [9.17, 15) is 0 Å². The second-order valence-corrected chi connectivity index (χ2v) is 3.63. The van der Waals surface area contributed by atoms with Crippen LogP contribution in [0.1, 0.15) is 19.3 Å². The number of likely N-dealkylation sites (N-methyl/N-ethyl adjacent to an activating group) is 1. The van der Waals surface area contributed by atoms with E-state index >= 15 is 0 Å². The third-order valence-corrected chi connectivity index (χ3v) is 2.41. The molecule has 1 unspecified atom stereocenters. The van der Waals surface area contributed by atoms with Gasteiger partial charge in [0.1, 0.15) is 0 Å². The Balaban J connectivity index is 1.93. The van der Waals surface area contributed by atoms with Gasteiger partial charge in [-0.3, -0.25) is 0 Å². The molecule has 0 aliphatic carbocycles. The van der Waals surface area contributed by atoms with Gasteiger partial charge >= 0.3 is 0 Å². The fourth-order valence-electron chi connectivity index (χ4n) is 1.64. The van der Waals surface area contributed by atoms with Crippen LogP contribution in [0.4, 0.5) is 0 Å². The molecule has 1 aliphatic rings. The first-order valence-corrected chi connectivity index (χ1v) is 4.85. The van der Waals surface area contributed by atoms with Gasteiger partial charge in [-0.05, 0) is 39.4 Å². The van der Waals surface area contributed by atoms with Crippen LogP contribution in [0.3, 0.4) is 0 Å². The minimum Gasteiger partial charge on any atom is -0.396 e. The molecule has 0 aromatic rings. The number of hydrogen-bond donors (Lipinski definition) is 2. The van der Waals surface area contributed by atoms with Crippen molar-refractivity contribution in [2.45, 2.75) is 25.3 Å². The molecule has 3 heteroatoms. The lowest BCUT2D eigenvalue weighted by molar-refractivity contribution is 0.282. The third kappa shape index (κ3) is 3.52. The predicted molar refractivity (Wildman–Crippen MR) is 50.2 cm³/mol. The molecule has 2 N–H and O–H groups in total. The molecule has 72 valence electrons. The van der Waals surface area contributed by atoms with Gasteiger partial charge in [0.15, 0.2) is 0 Å². The van der Waals surface area contributed by atoms with Crippen LogP contribution in [0.2, 0.25) is 0 Å². The SMILES string of the molecule is CN1CCC(NCCCCO)C1. The first-order valence-electron chi connectivity index (χ1n) is 4.85. The first kappa shape index (κ1) is 9.96. The fourth-order valence-corrected chi connectivity index (χ4v) is 1.64. The normalized spacial score (nSPS) is 25.0. The van der Waals surface area contributed by atoms with Gasteiger partial charge in [0, 0.05) is 19.2 Å². The van der Waals surface area contributed by atoms with Crippen LogP contribution in [0.15, 0.2) is 0 Å². The lowest BCUT2D eigenvalue weighted by atomic mass is 10.2. The van der Waals surface area contributed by atoms with Crippen LogP contribution < -0.4 is 5.32 Å². The van der Waals surface area contributed by atoms with Crippen LogP contribution in [-0.4, -0.2) is 49.3 Å². The van der Waals surface area contributed by atoms with Crippen molar-refractivity contribution >= 4 is 0 Å². The number of aliphatic hydroxyl groups excluding tert-OH is 1. The molecule has 0 saturated carbocycles. The fraction of sp³-hybridized carbons (Fsp3) is 1.00. The van der Waals surface area contributed by atoms with Gasteiger partial charge in [-0.1, -0.05) is 0 Å². The number of unbranched alkanes of at least 4 members (excludes halogenated alkanes) is 1. The maximum Gasteiger partial charge on any atom is 0.0431 e. The summed E-state index contributed by atoms with van der Waals surface area (Å²) in [6.45, 7) is 3.78. The van der Waals surface area contributed by atoms with Crippen molar-refractivity contribution in [1.29, 1.82) is 0 Å². The molecule has 0 aromatic heterocycles. The number of hydrogen-bond acceptors (Lipinski definition) is 3. The summed E-state index contributed by atoms with van der Waals surface area (Å²) in [5, 5.41) is 12.1. The van der Waals surface area contributed by atoms with Crippen molar-refractivity contribution in [3.8, 4) is 0 Å². The molecule has 0 spiro atoms. The van der Waals surface area contributed by atoms with Gasteiger partial charge in [0.2, 0.25) is 0 Å². The Morgan fingerprint density at radius 2 is 2.33 bits per heavy atom. The molecule has 0 aromatic carbocycles. The van der Waals surface area contributed by atoms with E-state index in [1.165, 1.54) is 19.5 Å². The highest BCUT2D eigenvalue weighted by atomic mass is 16.2. The lowest BCUT2D eigenvalue weighted by Crippen LogP contribution is -2.32. The molecule has 3 nitrogen and oxygen atoms in total. The van der Waals surface area contributed by atoms with E-state index in [0.29, 0.717) is 12.6 Å². The van der Waals surface area contributed by atoms with Crippen LogP contribution >= 0.6 is 0 Å². The summed E-state index contributed by atoms with van der Waals surface area (Å²) in [5.74, 6) is 0. The molecule has 0 bridgehead atoms. The molecular weight excluding hydrogens is 152 g/mol. The van der Waals surface area contributed by atoms with Crippen molar-refractivity contribution in [2.75, 3.05) is 33.3 Å². The second-order valence-electron chi connectivity index (χ2n) is 3.63. The summed E-state index contributed by atoms with van der Waals surface area (Å²) < 4.78 is 0. The largest absolute Gasteiger partial charge is 0.396 e. The number of likely N-dealkylation sites (tertiary alicyclic amines) is 1. The van der Waals surface area contributed by atoms with E-state index < -0.39 is 0 Å². The average molecular weight is 172 g/mol. The molecule has 1 fully saturated rings. The van der Waals surface area contributed by atoms with Crippen LogP contribution in [0, 0.1) is 0 Å². The number of aliphatic hydroxyl groups is 1. The monoisotopic (exact) mass is 172 g/mol. The smallest absolute Gasteiger partial charge is 0.0431 e. The van der Waals surface area contributed by atoms with Crippen LogP contribution in [-0.2, 0) is 0 Å². The Morgan fingerprint density at radius 3 is 2.92 bits per heavy atom. The number of rotatable bonds is 5. The Labute approximate surface area is 74.8 Å². The first-order chi connectivity index (χ1) is 5.83. The van der Waals surface area contributed by atoms with E-state index in [0.717, 1.165) is 19.4 Å². The maximum atomic E-state index is 8.56. The molecule has 0 amide bonds. The summed E-state index contributed by atoms with van der Waals surface area (Å²) in [6.07, 6.45) is 3.29. The summed E-state index contributed by atoms with van der Waals surface area (Å²) in [4.78, 5) is 2.35. The van der Waals surface area contributed by atoms with E-state index in [2.05, 4.69) is 17.3 Å². The Bertz CT molecular complexity index is 119. The summed E-state index contributed by atoms with van der Waals surface area (Å²) in [6, 6.07) is 0.689. The molecular formula is C9H20N2O. The summed E-state index contributed by atoms with van der Waals surface area (Å²) in [5.41, 5.74) is 0. The van der Waals surface area contributed by atoms with E-state index in [1.807, 2.05) is 0 Å². The zero-order chi connectivity index (χ0) is 8.81. The minimum atomic E-state index is 0.326. The van der Waals surface area contributed by atoms with Gasteiger partial charge in [-0.2, -0.15) is 0 Å². The number of nitrogens with one attached hydrogen (secondary N) is 1. The van der Waals surface area contributed by atoms with E-state index in [1.54, 1.807) is 0 Å². The Kier molecular flexibility index (Phi) is 4.58. The van der Waals surface area contributed by atoms with Gasteiger partial charge < -0.3 is 15.3 Å². The van der Waals surface area contributed by atoms with E-state index in [4.69, 9.17) is 5.11 Å². The minimum absolute atomic E-state index is 0.326. The average Bonchev–Trinajstić information content (AvgIpc) is 2.45. The van der Waals surface area contributed by atoms with Crippen molar-refractivity contribution in [3.63, 3.8) is 0 Å². The predicted octanol–water partition coefficient (Wildman–Crippen LogP) is 0.0526. The van der Waals surface area contributed by atoms with Crippen molar-refractivity contribution in [3.05, 3.63) is 0 Å².